The van der Waals surface area contributed by atoms with E-state index in [4.69, 9.17) is 4.74 Å². The van der Waals surface area contributed by atoms with Gasteiger partial charge in [-0.2, -0.15) is 0 Å². The number of ether oxygens (including phenoxy) is 1. The van der Waals surface area contributed by atoms with Crippen molar-refractivity contribution in [3.63, 3.8) is 0 Å². The van der Waals surface area contributed by atoms with Gasteiger partial charge >= 0.3 is 0 Å². The molecule has 176 valence electrons. The van der Waals surface area contributed by atoms with Crippen molar-refractivity contribution >= 4 is 28.6 Å². The lowest BCUT2D eigenvalue weighted by molar-refractivity contribution is -0.119. The van der Waals surface area contributed by atoms with Crippen molar-refractivity contribution < 1.29 is 9.53 Å². The maximum Gasteiger partial charge on any atom is 0.230 e. The zero-order valence-electron chi connectivity index (χ0n) is 19.3. The molecular formula is C24H32N6O2S. The minimum atomic E-state index is 0.00331. The van der Waals surface area contributed by atoms with Crippen molar-refractivity contribution in [2.45, 2.75) is 44.0 Å². The molecule has 9 heteroatoms. The summed E-state index contributed by atoms with van der Waals surface area (Å²) in [5.41, 5.74) is 2.14. The molecule has 1 aliphatic carbocycles. The number of nitrogens with one attached hydrogen (secondary N) is 2. The number of aromatic nitrogens is 4. The third-order valence-corrected chi connectivity index (χ3v) is 7.06. The lowest BCUT2D eigenvalue weighted by Gasteiger charge is -2.33. The van der Waals surface area contributed by atoms with Gasteiger partial charge in [-0.25, -0.2) is 0 Å². The van der Waals surface area contributed by atoms with E-state index in [1.165, 1.54) is 11.8 Å². The average molecular weight is 469 g/mol. The lowest BCUT2D eigenvalue weighted by Crippen LogP contribution is -2.48. The molecule has 1 atom stereocenters. The second-order valence-electron chi connectivity index (χ2n) is 9.39. The molecule has 33 heavy (non-hydrogen) atoms. The number of para-hydroxylation sites is 1. The van der Waals surface area contributed by atoms with Crippen LogP contribution in [-0.2, 0) is 9.53 Å². The van der Waals surface area contributed by atoms with Crippen molar-refractivity contribution in [3.05, 3.63) is 30.5 Å². The number of benzene rings is 1. The second-order valence-corrected chi connectivity index (χ2v) is 10.3. The fraction of sp³-hybridized carbons (Fsp3) is 0.542. The first-order valence-corrected chi connectivity index (χ1v) is 12.8. The van der Waals surface area contributed by atoms with Gasteiger partial charge in [0.15, 0.2) is 11.0 Å². The molecule has 2 aromatic heterocycles. The number of hydrogen-bond donors (Lipinski definition) is 2. The Labute approximate surface area is 198 Å². The van der Waals surface area contributed by atoms with E-state index < -0.39 is 0 Å². The molecule has 1 unspecified atom stereocenters. The van der Waals surface area contributed by atoms with E-state index in [0.29, 0.717) is 24.3 Å². The summed E-state index contributed by atoms with van der Waals surface area (Å²) in [7, 11) is 0. The summed E-state index contributed by atoms with van der Waals surface area (Å²) in [6.07, 6.45) is 4.30. The number of H-pyrrole nitrogens is 1. The van der Waals surface area contributed by atoms with Gasteiger partial charge in [-0.3, -0.25) is 14.3 Å². The van der Waals surface area contributed by atoms with Crippen LogP contribution in [0.15, 0.2) is 35.6 Å². The number of morpholine rings is 1. The van der Waals surface area contributed by atoms with E-state index in [9.17, 15) is 4.79 Å². The highest BCUT2D eigenvalue weighted by Crippen LogP contribution is 2.42. The van der Waals surface area contributed by atoms with Gasteiger partial charge in [0.25, 0.3) is 0 Å². The van der Waals surface area contributed by atoms with Crippen molar-refractivity contribution in [2.75, 3.05) is 38.5 Å². The standard InChI is InChI=1S/C24H32N6O2S/c1-16(2)13-29-9-10-32-18(14-29)11-26-22(31)15-33-24-28-27-23(30(24)17-7-8-17)20-12-25-21-6-4-3-5-19(20)21/h3-6,12,16-18,25H,7-11,13-15H2,1-2H3,(H,26,31). The summed E-state index contributed by atoms with van der Waals surface area (Å²) in [6.45, 7) is 8.64. The quantitative estimate of drug-likeness (QED) is 0.469. The van der Waals surface area contributed by atoms with Gasteiger partial charge in [0, 0.05) is 54.9 Å². The number of amides is 1. The lowest BCUT2D eigenvalue weighted by atomic mass is 10.1. The molecule has 1 aliphatic heterocycles. The van der Waals surface area contributed by atoms with Gasteiger partial charge in [-0.15, -0.1) is 10.2 Å². The monoisotopic (exact) mass is 468 g/mol. The van der Waals surface area contributed by atoms with Gasteiger partial charge in [0.1, 0.15) is 0 Å². The summed E-state index contributed by atoms with van der Waals surface area (Å²) < 4.78 is 8.06. The molecule has 3 heterocycles. The van der Waals surface area contributed by atoms with Crippen molar-refractivity contribution in [2.24, 2.45) is 5.92 Å². The molecule has 1 saturated carbocycles. The fourth-order valence-electron chi connectivity index (χ4n) is 4.47. The highest BCUT2D eigenvalue weighted by molar-refractivity contribution is 7.99. The first-order chi connectivity index (χ1) is 16.1. The molecule has 1 saturated heterocycles. The Morgan fingerprint density at radius 1 is 1.30 bits per heavy atom. The normalized spacial score (nSPS) is 19.4. The Balaban J connectivity index is 1.20. The van der Waals surface area contributed by atoms with Gasteiger partial charge in [0.05, 0.1) is 18.5 Å². The van der Waals surface area contributed by atoms with Crippen LogP contribution < -0.4 is 5.32 Å². The average Bonchev–Trinajstić information content (AvgIpc) is 3.42. The first-order valence-electron chi connectivity index (χ1n) is 11.8. The molecule has 2 fully saturated rings. The molecule has 2 N–H and O–H groups in total. The molecule has 2 aliphatic rings. The van der Waals surface area contributed by atoms with Gasteiger partial charge in [0.2, 0.25) is 5.91 Å². The van der Waals surface area contributed by atoms with E-state index in [1.54, 1.807) is 0 Å². The van der Waals surface area contributed by atoms with Crippen molar-refractivity contribution in [1.82, 2.24) is 30.0 Å². The van der Waals surface area contributed by atoms with Crippen LogP contribution in [0.5, 0.6) is 0 Å². The fourth-order valence-corrected chi connectivity index (χ4v) is 5.31. The van der Waals surface area contributed by atoms with E-state index in [1.807, 2.05) is 18.3 Å². The van der Waals surface area contributed by atoms with Crippen LogP contribution in [0.1, 0.15) is 32.7 Å². The van der Waals surface area contributed by atoms with Gasteiger partial charge in [-0.1, -0.05) is 43.8 Å². The number of thioether (sulfide) groups is 1. The van der Waals surface area contributed by atoms with Crippen LogP contribution in [0.2, 0.25) is 0 Å². The summed E-state index contributed by atoms with van der Waals surface area (Å²) in [5, 5.41) is 14.0. The van der Waals surface area contributed by atoms with Gasteiger partial charge < -0.3 is 15.0 Å². The number of carbonyl (C=O) groups excluding carboxylic acids is 1. The topological polar surface area (TPSA) is 88.1 Å². The largest absolute Gasteiger partial charge is 0.374 e. The number of carbonyl (C=O) groups is 1. The van der Waals surface area contributed by atoms with Crippen molar-refractivity contribution in [1.29, 1.82) is 0 Å². The summed E-state index contributed by atoms with van der Waals surface area (Å²) in [5.74, 6) is 1.83. The number of rotatable bonds is 9. The summed E-state index contributed by atoms with van der Waals surface area (Å²) in [4.78, 5) is 18.3. The molecule has 0 bridgehead atoms. The third-order valence-electron chi connectivity index (χ3n) is 6.11. The predicted octanol–water partition coefficient (Wildman–Crippen LogP) is 3.33. The number of fused-ring (bicyclic) bond motifs is 1. The van der Waals surface area contributed by atoms with Crippen LogP contribution in [0.3, 0.4) is 0 Å². The zero-order chi connectivity index (χ0) is 22.8. The van der Waals surface area contributed by atoms with E-state index in [-0.39, 0.29) is 12.0 Å². The Hall–Kier alpha value is -2.36. The third kappa shape index (κ3) is 5.26. The molecular weight excluding hydrogens is 436 g/mol. The molecule has 1 amide bonds. The number of aromatic amines is 1. The molecule has 0 spiro atoms. The second kappa shape index (κ2) is 9.87. The van der Waals surface area contributed by atoms with Crippen LogP contribution in [-0.4, -0.2) is 75.2 Å². The van der Waals surface area contributed by atoms with E-state index >= 15 is 0 Å². The summed E-state index contributed by atoms with van der Waals surface area (Å²) >= 11 is 1.46. The summed E-state index contributed by atoms with van der Waals surface area (Å²) in [6, 6.07) is 8.64. The maximum absolute atomic E-state index is 12.6. The predicted molar refractivity (Wildman–Crippen MR) is 130 cm³/mol. The zero-order valence-corrected chi connectivity index (χ0v) is 20.1. The van der Waals surface area contributed by atoms with Crippen LogP contribution in [0, 0.1) is 5.92 Å². The minimum absolute atomic E-state index is 0.00331. The highest BCUT2D eigenvalue weighted by atomic mass is 32.2. The van der Waals surface area contributed by atoms with Crippen molar-refractivity contribution in [3.8, 4) is 11.4 Å². The van der Waals surface area contributed by atoms with Crippen LogP contribution in [0.4, 0.5) is 0 Å². The van der Waals surface area contributed by atoms with E-state index in [0.717, 1.165) is 66.5 Å². The minimum Gasteiger partial charge on any atom is -0.374 e. The SMILES string of the molecule is CC(C)CN1CCOC(CNC(=O)CSc2nnc(-c3c[nH]c4ccccc34)n2C2CC2)C1. The first kappa shape index (κ1) is 22.4. The molecule has 0 radical (unpaired) electrons. The Morgan fingerprint density at radius 3 is 2.97 bits per heavy atom. The highest BCUT2D eigenvalue weighted by Gasteiger charge is 2.31. The number of hydrogen-bond acceptors (Lipinski definition) is 6. The maximum atomic E-state index is 12.6. The Bertz CT molecular complexity index is 1110. The molecule has 3 aromatic rings. The van der Waals surface area contributed by atoms with Gasteiger partial charge in [-0.05, 0) is 24.8 Å². The number of nitrogens with zero attached hydrogens (tertiary/aromatic N) is 4. The smallest absolute Gasteiger partial charge is 0.230 e. The van der Waals surface area contributed by atoms with E-state index in [2.05, 4.69) is 55.9 Å². The van der Waals surface area contributed by atoms with Crippen LogP contribution in [0.25, 0.3) is 22.3 Å². The molecule has 8 nitrogen and oxygen atoms in total. The molecule has 5 rings (SSSR count). The molecule has 1 aromatic carbocycles. The van der Waals surface area contributed by atoms with Crippen LogP contribution >= 0.6 is 11.8 Å². The Kier molecular flexibility index (Phi) is 6.71. The Morgan fingerprint density at radius 2 is 2.15 bits per heavy atom.